The maximum Gasteiger partial charge on any atom is 0.171 e. The van der Waals surface area contributed by atoms with Crippen molar-refractivity contribution in [3.8, 4) is 6.07 Å². The van der Waals surface area contributed by atoms with Crippen molar-refractivity contribution in [1.82, 2.24) is 9.38 Å². The van der Waals surface area contributed by atoms with E-state index in [-0.39, 0.29) is 0 Å². The minimum absolute atomic E-state index is 0.616. The van der Waals surface area contributed by atoms with Gasteiger partial charge in [0.05, 0.1) is 16.6 Å². The summed E-state index contributed by atoms with van der Waals surface area (Å²) >= 11 is 0. The molecule has 0 atom stereocenters. The first kappa shape index (κ1) is 14.2. The van der Waals surface area contributed by atoms with Gasteiger partial charge in [0.15, 0.2) is 18.0 Å². The van der Waals surface area contributed by atoms with Crippen LogP contribution in [0.5, 0.6) is 0 Å². The van der Waals surface area contributed by atoms with Crippen LogP contribution in [0.3, 0.4) is 0 Å². The van der Waals surface area contributed by atoms with Gasteiger partial charge in [0, 0.05) is 18.2 Å². The van der Waals surface area contributed by atoms with Crippen LogP contribution in [-0.4, -0.2) is 9.38 Å². The molecule has 0 spiro atoms. The molecule has 5 heteroatoms. The van der Waals surface area contributed by atoms with E-state index in [9.17, 15) is 5.26 Å². The molecule has 4 rings (SSSR count). The van der Waals surface area contributed by atoms with Crippen LogP contribution in [0.2, 0.25) is 0 Å². The van der Waals surface area contributed by atoms with Gasteiger partial charge in [-0.2, -0.15) is 5.26 Å². The smallest absolute Gasteiger partial charge is 0.171 e. The second-order valence-electron chi connectivity index (χ2n) is 5.72. The zero-order valence-electron chi connectivity index (χ0n) is 13.2. The molecule has 3 aromatic heterocycles. The molecule has 3 heterocycles. The number of anilines is 1. The van der Waals surface area contributed by atoms with Gasteiger partial charge in [-0.3, -0.25) is 4.40 Å². The van der Waals surface area contributed by atoms with Crippen LogP contribution in [0, 0.1) is 18.3 Å². The first-order valence-electron chi connectivity index (χ1n) is 7.77. The Morgan fingerprint density at radius 2 is 2.12 bits per heavy atom. The van der Waals surface area contributed by atoms with Crippen molar-refractivity contribution >= 4 is 22.5 Å². The number of benzene rings is 1. The number of aromatic amines is 1. The van der Waals surface area contributed by atoms with Crippen LogP contribution >= 0.6 is 0 Å². The highest BCUT2D eigenvalue weighted by Crippen LogP contribution is 2.26. The van der Waals surface area contributed by atoms with Crippen LogP contribution in [0.15, 0.2) is 54.9 Å². The number of rotatable bonds is 3. The van der Waals surface area contributed by atoms with Crippen molar-refractivity contribution in [3.63, 3.8) is 0 Å². The van der Waals surface area contributed by atoms with E-state index in [1.807, 2.05) is 60.1 Å². The van der Waals surface area contributed by atoms with E-state index in [0.717, 1.165) is 28.0 Å². The average Bonchev–Trinajstić information content (AvgIpc) is 3.00. The number of nitrogens with zero attached hydrogens (tertiary/aromatic N) is 3. The lowest BCUT2D eigenvalue weighted by Crippen LogP contribution is -2.08. The summed E-state index contributed by atoms with van der Waals surface area (Å²) in [7, 11) is 0. The lowest BCUT2D eigenvalue weighted by atomic mass is 10.1. The fourth-order valence-corrected chi connectivity index (χ4v) is 2.96. The molecule has 0 aliphatic heterocycles. The number of nitrogens with one attached hydrogen (secondary N) is 2. The monoisotopic (exact) mass is 314 g/mol. The molecule has 24 heavy (non-hydrogen) atoms. The number of fused-ring (bicyclic) bond motifs is 3. The van der Waals surface area contributed by atoms with Gasteiger partial charge >= 0.3 is 0 Å². The van der Waals surface area contributed by atoms with Gasteiger partial charge in [-0.25, -0.2) is 9.97 Å². The number of para-hydroxylation sites is 2. The van der Waals surface area contributed by atoms with Crippen LogP contribution in [0.25, 0.3) is 16.7 Å². The van der Waals surface area contributed by atoms with Gasteiger partial charge in [0.2, 0.25) is 0 Å². The number of hydrogen-bond acceptors (Lipinski definition) is 3. The average molecular weight is 314 g/mol. The summed E-state index contributed by atoms with van der Waals surface area (Å²) in [5.74, 6) is 0.930. The summed E-state index contributed by atoms with van der Waals surface area (Å²) in [6.07, 6.45) is 3.85. The number of H-pyrrole nitrogens is 1. The minimum atomic E-state index is 0.616. The van der Waals surface area contributed by atoms with E-state index >= 15 is 0 Å². The lowest BCUT2D eigenvalue weighted by molar-refractivity contribution is -0.378. The molecular formula is C19H16N5+. The third-order valence-corrected chi connectivity index (χ3v) is 4.13. The van der Waals surface area contributed by atoms with Crippen molar-refractivity contribution in [2.45, 2.75) is 13.5 Å². The molecule has 0 aliphatic carbocycles. The molecule has 0 fully saturated rings. The molecule has 116 valence electrons. The molecule has 1 aromatic carbocycles. The van der Waals surface area contributed by atoms with Crippen molar-refractivity contribution < 1.29 is 4.98 Å². The molecule has 2 N–H and O–H groups in total. The molecule has 0 amide bonds. The van der Waals surface area contributed by atoms with E-state index in [0.29, 0.717) is 17.8 Å². The van der Waals surface area contributed by atoms with Crippen LogP contribution in [0.1, 0.15) is 16.7 Å². The fourth-order valence-electron chi connectivity index (χ4n) is 2.96. The number of aromatic nitrogens is 3. The fraction of sp³-hybridized carbons (Fsp3) is 0.105. The van der Waals surface area contributed by atoms with Crippen molar-refractivity contribution in [2.75, 3.05) is 5.32 Å². The van der Waals surface area contributed by atoms with Crippen molar-refractivity contribution in [2.24, 2.45) is 0 Å². The summed E-state index contributed by atoms with van der Waals surface area (Å²) in [5.41, 5.74) is 5.26. The maximum atomic E-state index is 9.51. The Bertz CT molecular complexity index is 1070. The Kier molecular flexibility index (Phi) is 3.36. The summed E-state index contributed by atoms with van der Waals surface area (Å²) in [4.78, 5) is 7.74. The molecule has 4 aromatic rings. The Balaban J connectivity index is 1.90. The summed E-state index contributed by atoms with van der Waals surface area (Å²) in [5, 5.41) is 13.0. The molecule has 0 bridgehead atoms. The van der Waals surface area contributed by atoms with Gasteiger partial charge in [-0.15, -0.1) is 0 Å². The summed E-state index contributed by atoms with van der Waals surface area (Å²) in [6, 6.07) is 16.3. The first-order valence-corrected chi connectivity index (χ1v) is 7.77. The van der Waals surface area contributed by atoms with Gasteiger partial charge in [-0.1, -0.05) is 12.1 Å². The minimum Gasteiger partial charge on any atom is -0.367 e. The largest absolute Gasteiger partial charge is 0.367 e. The van der Waals surface area contributed by atoms with E-state index < -0.39 is 0 Å². The summed E-state index contributed by atoms with van der Waals surface area (Å²) < 4.78 is 2.02. The third kappa shape index (κ3) is 2.25. The molecule has 0 aliphatic rings. The van der Waals surface area contributed by atoms with Gasteiger partial charge in [-0.05, 0) is 36.8 Å². The number of pyridine rings is 2. The molecule has 0 saturated carbocycles. The second-order valence-corrected chi connectivity index (χ2v) is 5.72. The molecule has 5 nitrogen and oxygen atoms in total. The quantitative estimate of drug-likeness (QED) is 0.632. The Hall–Kier alpha value is -3.39. The Morgan fingerprint density at radius 3 is 2.92 bits per heavy atom. The zero-order chi connectivity index (χ0) is 16.5. The normalized spacial score (nSPS) is 10.8. The van der Waals surface area contributed by atoms with Crippen LogP contribution in [0.4, 0.5) is 5.82 Å². The number of hydrogen-bond donors (Lipinski definition) is 1. The van der Waals surface area contributed by atoms with Crippen LogP contribution < -0.4 is 10.3 Å². The van der Waals surface area contributed by atoms with E-state index in [2.05, 4.69) is 27.4 Å². The molecule has 0 saturated heterocycles. The number of aryl methyl sites for hydroxylation is 1. The highest BCUT2D eigenvalue weighted by atomic mass is 15.1. The van der Waals surface area contributed by atoms with Gasteiger partial charge in [0.25, 0.3) is 0 Å². The van der Waals surface area contributed by atoms with E-state index in [4.69, 9.17) is 0 Å². The lowest BCUT2D eigenvalue weighted by Gasteiger charge is -2.12. The topological polar surface area (TPSA) is 67.3 Å². The molecule has 0 radical (unpaired) electrons. The van der Waals surface area contributed by atoms with E-state index in [1.54, 1.807) is 0 Å². The van der Waals surface area contributed by atoms with Gasteiger partial charge < -0.3 is 5.32 Å². The number of nitriles is 1. The number of imidazole rings is 1. The SMILES string of the molecule is Cc1cc(NCc2ccc[nH+]c2)n2c(nc3ccccc32)c1C#N. The highest BCUT2D eigenvalue weighted by molar-refractivity contribution is 5.85. The Morgan fingerprint density at radius 1 is 1.25 bits per heavy atom. The standard InChI is InChI=1S/C19H15N5/c1-13-9-18(22-12-14-5-4-8-21-11-14)24-17-7-3-2-6-16(17)23-19(24)15(13)10-20/h2-9,11,22H,12H2,1H3/p+1. The predicted octanol–water partition coefficient (Wildman–Crippen LogP) is 3.09. The van der Waals surface area contributed by atoms with Crippen molar-refractivity contribution in [3.05, 3.63) is 71.5 Å². The predicted molar refractivity (Wildman–Crippen MR) is 92.5 cm³/mol. The van der Waals surface area contributed by atoms with Crippen LogP contribution in [-0.2, 0) is 6.54 Å². The van der Waals surface area contributed by atoms with Gasteiger partial charge in [0.1, 0.15) is 11.9 Å². The second kappa shape index (κ2) is 5.67. The van der Waals surface area contributed by atoms with E-state index in [1.165, 1.54) is 0 Å². The third-order valence-electron chi connectivity index (χ3n) is 4.13. The maximum absolute atomic E-state index is 9.51. The molecule has 0 unspecified atom stereocenters. The van der Waals surface area contributed by atoms with Crippen molar-refractivity contribution in [1.29, 1.82) is 5.26 Å². The Labute approximate surface area is 139 Å². The summed E-state index contributed by atoms with van der Waals surface area (Å²) in [6.45, 7) is 2.63. The first-order chi connectivity index (χ1) is 11.8. The molecular weight excluding hydrogens is 298 g/mol. The highest BCUT2D eigenvalue weighted by Gasteiger charge is 2.14. The zero-order valence-corrected chi connectivity index (χ0v) is 13.2.